The molecule has 0 amide bonds. The zero-order chi connectivity index (χ0) is 30.5. The van der Waals surface area contributed by atoms with Crippen molar-refractivity contribution >= 4 is 32.9 Å². The van der Waals surface area contributed by atoms with Gasteiger partial charge in [-0.1, -0.05) is 115 Å². The Hall–Kier alpha value is -6.40. The average molecular weight is 592 g/mol. The molecule has 9 rings (SSSR count). The predicted molar refractivity (Wildman–Crippen MR) is 183 cm³/mol. The molecule has 46 heavy (non-hydrogen) atoms. The highest BCUT2D eigenvalue weighted by Crippen LogP contribution is 2.36. The summed E-state index contributed by atoms with van der Waals surface area (Å²) in [6.07, 6.45) is 0. The molecule has 0 N–H and O–H groups in total. The fourth-order valence-electron chi connectivity index (χ4n) is 6.09. The Bertz CT molecular complexity index is 2440. The fourth-order valence-corrected chi connectivity index (χ4v) is 6.09. The van der Waals surface area contributed by atoms with Crippen LogP contribution >= 0.6 is 0 Å². The van der Waals surface area contributed by atoms with Crippen LogP contribution in [0.5, 0.6) is 0 Å². The van der Waals surface area contributed by atoms with E-state index in [9.17, 15) is 0 Å². The number of nitrogens with zero attached hydrogens (tertiary/aromatic N) is 5. The Morgan fingerprint density at radius 1 is 0.391 bits per heavy atom. The maximum Gasteiger partial charge on any atom is 0.307 e. The summed E-state index contributed by atoms with van der Waals surface area (Å²) in [5.74, 6) is 1.91. The number of hydrogen-bond acceptors (Lipinski definition) is 5. The molecule has 216 valence electrons. The molecule has 0 aliphatic rings. The van der Waals surface area contributed by atoms with Gasteiger partial charge in [0.2, 0.25) is 0 Å². The minimum absolute atomic E-state index is 0.556. The first kappa shape index (κ1) is 26.0. The molecular weight excluding hydrogens is 566 g/mol. The Kier molecular flexibility index (Phi) is 6.03. The number of hydrogen-bond donors (Lipinski definition) is 0. The summed E-state index contributed by atoms with van der Waals surface area (Å²) in [6.45, 7) is 0. The SMILES string of the molecule is c1ccc(-c2nc(-c3ccccc3)nc(-c3cccc(-c4ccc5c(c4)c4ccccc4n5-c4nc5ccccc5o4)c3)n2)cc1. The van der Waals surface area contributed by atoms with E-state index < -0.39 is 0 Å². The average Bonchev–Trinajstić information content (AvgIpc) is 3.71. The number of rotatable bonds is 5. The van der Waals surface area contributed by atoms with Gasteiger partial charge in [-0.25, -0.2) is 15.0 Å². The lowest BCUT2D eigenvalue weighted by atomic mass is 10.0. The zero-order valence-corrected chi connectivity index (χ0v) is 24.6. The second-order valence-corrected chi connectivity index (χ2v) is 11.2. The summed E-state index contributed by atoms with van der Waals surface area (Å²) >= 11 is 0. The van der Waals surface area contributed by atoms with Gasteiger partial charge in [0.05, 0.1) is 11.0 Å². The smallest absolute Gasteiger partial charge is 0.307 e. The molecule has 0 spiro atoms. The number of benzene rings is 6. The van der Waals surface area contributed by atoms with E-state index in [1.165, 1.54) is 0 Å². The lowest BCUT2D eigenvalue weighted by Crippen LogP contribution is -2.00. The maximum absolute atomic E-state index is 6.22. The molecule has 0 bridgehead atoms. The van der Waals surface area contributed by atoms with E-state index in [0.29, 0.717) is 23.5 Å². The standard InChI is InChI=1S/C40H25N5O/c1-3-12-26(13-4-1)37-42-38(27-14-5-2-6-15-27)44-39(43-37)30-17-11-16-28(24-30)29-22-23-35-32(25-29)31-18-7-9-20-34(31)45(35)40-41-33-19-8-10-21-36(33)46-40/h1-25H. The first-order valence-corrected chi connectivity index (χ1v) is 15.2. The Morgan fingerprint density at radius 3 is 1.70 bits per heavy atom. The third kappa shape index (κ3) is 4.43. The summed E-state index contributed by atoms with van der Waals surface area (Å²) in [5, 5.41) is 2.26. The first-order chi connectivity index (χ1) is 22.8. The van der Waals surface area contributed by atoms with Crippen LogP contribution in [0.1, 0.15) is 0 Å². The topological polar surface area (TPSA) is 69.6 Å². The fraction of sp³-hybridized carbons (Fsp3) is 0. The number of para-hydroxylation sites is 3. The second kappa shape index (κ2) is 10.6. The summed E-state index contributed by atoms with van der Waals surface area (Å²) in [4.78, 5) is 19.5. The van der Waals surface area contributed by atoms with Crippen LogP contribution in [0.15, 0.2) is 156 Å². The van der Waals surface area contributed by atoms with Crippen LogP contribution in [0, 0.1) is 0 Å². The molecule has 0 aliphatic heterocycles. The summed E-state index contributed by atoms with van der Waals surface area (Å²) in [5.41, 5.74) is 8.65. The molecule has 3 heterocycles. The highest BCUT2D eigenvalue weighted by atomic mass is 16.4. The molecule has 0 radical (unpaired) electrons. The van der Waals surface area contributed by atoms with Gasteiger partial charge in [0.25, 0.3) is 0 Å². The van der Waals surface area contributed by atoms with E-state index in [2.05, 4.69) is 65.2 Å². The van der Waals surface area contributed by atoms with Gasteiger partial charge in [0.15, 0.2) is 23.1 Å². The highest BCUT2D eigenvalue weighted by molar-refractivity contribution is 6.10. The molecule has 0 fully saturated rings. The van der Waals surface area contributed by atoms with Gasteiger partial charge in [0, 0.05) is 27.5 Å². The lowest BCUT2D eigenvalue weighted by molar-refractivity contribution is 0.574. The summed E-state index contributed by atoms with van der Waals surface area (Å²) in [7, 11) is 0. The second-order valence-electron chi connectivity index (χ2n) is 11.2. The predicted octanol–water partition coefficient (Wildman–Crippen LogP) is 9.78. The zero-order valence-electron chi connectivity index (χ0n) is 24.6. The normalized spacial score (nSPS) is 11.5. The highest BCUT2D eigenvalue weighted by Gasteiger charge is 2.18. The monoisotopic (exact) mass is 591 g/mol. The van der Waals surface area contributed by atoms with E-state index in [1.807, 2.05) is 91.0 Å². The van der Waals surface area contributed by atoms with Crippen molar-refractivity contribution in [3.8, 4) is 51.3 Å². The van der Waals surface area contributed by atoms with Crippen molar-refractivity contribution in [2.45, 2.75) is 0 Å². The molecule has 6 nitrogen and oxygen atoms in total. The van der Waals surface area contributed by atoms with Gasteiger partial charge in [-0.05, 0) is 47.5 Å². The Morgan fingerprint density at radius 2 is 0.957 bits per heavy atom. The van der Waals surface area contributed by atoms with E-state index in [-0.39, 0.29) is 0 Å². The Balaban J connectivity index is 1.18. The number of aromatic nitrogens is 5. The number of oxazole rings is 1. The molecule has 9 aromatic rings. The number of fused-ring (bicyclic) bond motifs is 4. The van der Waals surface area contributed by atoms with Gasteiger partial charge in [0.1, 0.15) is 5.52 Å². The van der Waals surface area contributed by atoms with Crippen LogP contribution in [-0.2, 0) is 0 Å². The van der Waals surface area contributed by atoms with E-state index in [4.69, 9.17) is 24.4 Å². The first-order valence-electron chi connectivity index (χ1n) is 15.2. The van der Waals surface area contributed by atoms with Gasteiger partial charge in [-0.2, -0.15) is 4.98 Å². The Labute approximate surface area is 264 Å². The van der Waals surface area contributed by atoms with Crippen molar-refractivity contribution in [2.24, 2.45) is 0 Å². The van der Waals surface area contributed by atoms with Crippen LogP contribution < -0.4 is 0 Å². The summed E-state index contributed by atoms with van der Waals surface area (Å²) < 4.78 is 8.33. The van der Waals surface area contributed by atoms with Gasteiger partial charge < -0.3 is 4.42 Å². The minimum Gasteiger partial charge on any atom is -0.423 e. The maximum atomic E-state index is 6.22. The van der Waals surface area contributed by atoms with Crippen molar-refractivity contribution < 1.29 is 4.42 Å². The third-order valence-electron chi connectivity index (χ3n) is 8.30. The lowest BCUT2D eigenvalue weighted by Gasteiger charge is -2.10. The molecule has 0 unspecified atom stereocenters. The van der Waals surface area contributed by atoms with Gasteiger partial charge >= 0.3 is 6.01 Å². The van der Waals surface area contributed by atoms with E-state index in [0.717, 1.165) is 60.7 Å². The molecule has 0 atom stereocenters. The van der Waals surface area contributed by atoms with Crippen LogP contribution in [-0.4, -0.2) is 24.5 Å². The molecule has 0 saturated carbocycles. The van der Waals surface area contributed by atoms with Crippen LogP contribution in [0.25, 0.3) is 84.2 Å². The summed E-state index contributed by atoms with van der Waals surface area (Å²) in [6, 6.07) is 51.8. The van der Waals surface area contributed by atoms with Crippen molar-refractivity contribution in [3.05, 3.63) is 152 Å². The van der Waals surface area contributed by atoms with Crippen LogP contribution in [0.4, 0.5) is 0 Å². The quantitative estimate of drug-likeness (QED) is 0.199. The van der Waals surface area contributed by atoms with Crippen LogP contribution in [0.2, 0.25) is 0 Å². The van der Waals surface area contributed by atoms with E-state index >= 15 is 0 Å². The minimum atomic E-state index is 0.556. The molecule has 6 aromatic carbocycles. The molecule has 3 aromatic heterocycles. The van der Waals surface area contributed by atoms with Crippen molar-refractivity contribution in [1.29, 1.82) is 0 Å². The largest absolute Gasteiger partial charge is 0.423 e. The van der Waals surface area contributed by atoms with Gasteiger partial charge in [-0.3, -0.25) is 4.57 Å². The van der Waals surface area contributed by atoms with Gasteiger partial charge in [-0.15, -0.1) is 0 Å². The molecular formula is C40H25N5O. The van der Waals surface area contributed by atoms with E-state index in [1.54, 1.807) is 0 Å². The molecule has 0 saturated heterocycles. The van der Waals surface area contributed by atoms with Crippen molar-refractivity contribution in [1.82, 2.24) is 24.5 Å². The molecule has 6 heteroatoms. The third-order valence-corrected chi connectivity index (χ3v) is 8.30. The van der Waals surface area contributed by atoms with Crippen molar-refractivity contribution in [2.75, 3.05) is 0 Å². The molecule has 0 aliphatic carbocycles. The van der Waals surface area contributed by atoms with Crippen LogP contribution in [0.3, 0.4) is 0 Å². The van der Waals surface area contributed by atoms with Crippen molar-refractivity contribution in [3.63, 3.8) is 0 Å².